The lowest BCUT2D eigenvalue weighted by Gasteiger charge is -2.49. The molecule has 3 unspecified atom stereocenters. The third-order valence-corrected chi connectivity index (χ3v) is 5.57. The van der Waals surface area contributed by atoms with Gasteiger partial charge in [-0.25, -0.2) is 0 Å². The molecule has 0 saturated heterocycles. The summed E-state index contributed by atoms with van der Waals surface area (Å²) in [7, 11) is 2.35. The number of likely N-dealkylation sites (N-methyl/N-ethyl adjacent to an activating group) is 1. The minimum atomic E-state index is 0.302. The van der Waals surface area contributed by atoms with E-state index in [2.05, 4.69) is 25.8 Å². The summed E-state index contributed by atoms with van der Waals surface area (Å²) in [4.78, 5) is 2.69. The van der Waals surface area contributed by atoms with Crippen molar-refractivity contribution in [2.75, 3.05) is 13.6 Å². The van der Waals surface area contributed by atoms with Crippen LogP contribution in [-0.4, -0.2) is 30.1 Å². The van der Waals surface area contributed by atoms with E-state index in [1.165, 1.54) is 44.9 Å². The minimum Gasteiger partial charge on any atom is -0.329 e. The monoisotopic (exact) mass is 238 g/mol. The third-order valence-electron chi connectivity index (χ3n) is 5.57. The van der Waals surface area contributed by atoms with Crippen molar-refractivity contribution in [1.29, 1.82) is 0 Å². The summed E-state index contributed by atoms with van der Waals surface area (Å²) in [6.45, 7) is 5.60. The second-order valence-electron chi connectivity index (χ2n) is 6.38. The molecule has 2 aliphatic carbocycles. The highest BCUT2D eigenvalue weighted by Crippen LogP contribution is 2.46. The zero-order valence-corrected chi connectivity index (χ0v) is 11.9. The van der Waals surface area contributed by atoms with Crippen LogP contribution in [0.3, 0.4) is 0 Å². The summed E-state index contributed by atoms with van der Waals surface area (Å²) in [5, 5.41) is 0. The Bertz CT molecular complexity index is 243. The molecule has 0 amide bonds. The maximum Gasteiger partial charge on any atom is 0.0357 e. The minimum absolute atomic E-state index is 0.302. The Morgan fingerprint density at radius 1 is 1.18 bits per heavy atom. The Labute approximate surface area is 107 Å². The van der Waals surface area contributed by atoms with E-state index in [4.69, 9.17) is 5.73 Å². The van der Waals surface area contributed by atoms with Gasteiger partial charge in [0.2, 0.25) is 0 Å². The van der Waals surface area contributed by atoms with Gasteiger partial charge in [-0.2, -0.15) is 0 Å². The first-order valence-electron chi connectivity index (χ1n) is 7.58. The van der Waals surface area contributed by atoms with E-state index >= 15 is 0 Å². The first kappa shape index (κ1) is 13.4. The van der Waals surface area contributed by atoms with Crippen LogP contribution < -0.4 is 5.73 Å². The number of hydrogen-bond donors (Lipinski definition) is 1. The predicted octanol–water partition coefficient (Wildman–Crippen LogP) is 3.01. The van der Waals surface area contributed by atoms with Gasteiger partial charge in [-0.1, -0.05) is 26.7 Å². The summed E-state index contributed by atoms with van der Waals surface area (Å²) in [6, 6.07) is 0.771. The number of nitrogens with zero attached hydrogens (tertiary/aromatic N) is 1. The van der Waals surface area contributed by atoms with Crippen LogP contribution in [0.1, 0.15) is 58.8 Å². The molecule has 0 bridgehead atoms. The van der Waals surface area contributed by atoms with Crippen molar-refractivity contribution < 1.29 is 0 Å². The van der Waals surface area contributed by atoms with Gasteiger partial charge < -0.3 is 5.73 Å². The molecule has 0 aromatic carbocycles. The molecular formula is C15H30N2. The summed E-state index contributed by atoms with van der Waals surface area (Å²) >= 11 is 0. The lowest BCUT2D eigenvalue weighted by molar-refractivity contribution is 0.0139. The predicted molar refractivity (Wildman–Crippen MR) is 74.0 cm³/mol. The number of hydrogen-bond acceptors (Lipinski definition) is 2. The largest absolute Gasteiger partial charge is 0.329 e. The highest BCUT2D eigenvalue weighted by molar-refractivity contribution is 5.04. The van der Waals surface area contributed by atoms with Gasteiger partial charge in [0.05, 0.1) is 0 Å². The molecule has 2 N–H and O–H groups in total. The Hall–Kier alpha value is -0.0800. The zero-order valence-electron chi connectivity index (χ0n) is 11.9. The molecule has 2 rings (SSSR count). The smallest absolute Gasteiger partial charge is 0.0357 e. The van der Waals surface area contributed by atoms with Gasteiger partial charge in [0.1, 0.15) is 0 Å². The molecule has 2 fully saturated rings. The number of rotatable bonds is 5. The molecule has 100 valence electrons. The SMILES string of the molecule is CCC(CN)(C1CC1)N(C)C1CCCCC1C. The normalized spacial score (nSPS) is 33.7. The van der Waals surface area contributed by atoms with Gasteiger partial charge in [-0.15, -0.1) is 0 Å². The Morgan fingerprint density at radius 2 is 1.82 bits per heavy atom. The summed E-state index contributed by atoms with van der Waals surface area (Å²) in [5.41, 5.74) is 6.47. The first-order chi connectivity index (χ1) is 8.15. The molecule has 2 saturated carbocycles. The molecule has 0 heterocycles. The van der Waals surface area contributed by atoms with Crippen LogP contribution in [0.25, 0.3) is 0 Å². The van der Waals surface area contributed by atoms with Crippen LogP contribution in [0, 0.1) is 11.8 Å². The summed E-state index contributed by atoms with van der Waals surface area (Å²) < 4.78 is 0. The topological polar surface area (TPSA) is 29.3 Å². The zero-order chi connectivity index (χ0) is 12.5. The van der Waals surface area contributed by atoms with E-state index < -0.39 is 0 Å². The summed E-state index contributed by atoms with van der Waals surface area (Å²) in [5.74, 6) is 1.72. The lowest BCUT2D eigenvalue weighted by atomic mass is 9.80. The molecule has 2 heteroatoms. The van der Waals surface area contributed by atoms with Crippen molar-refractivity contribution in [3.05, 3.63) is 0 Å². The van der Waals surface area contributed by atoms with E-state index in [-0.39, 0.29) is 0 Å². The van der Waals surface area contributed by atoms with Crippen molar-refractivity contribution in [3.63, 3.8) is 0 Å². The standard InChI is InChI=1S/C15H30N2/c1-4-15(11-16,13-9-10-13)17(3)14-8-6-5-7-12(14)2/h12-14H,4-11,16H2,1-3H3. The lowest BCUT2D eigenvalue weighted by Crippen LogP contribution is -2.59. The fraction of sp³-hybridized carbons (Fsp3) is 1.00. The van der Waals surface area contributed by atoms with E-state index in [0.29, 0.717) is 5.54 Å². The Kier molecular flexibility index (Phi) is 4.14. The third kappa shape index (κ3) is 2.39. The van der Waals surface area contributed by atoms with E-state index in [0.717, 1.165) is 24.4 Å². The van der Waals surface area contributed by atoms with Gasteiger partial charge in [-0.05, 0) is 51.0 Å². The average Bonchev–Trinajstić information content (AvgIpc) is 3.16. The molecular weight excluding hydrogens is 208 g/mol. The van der Waals surface area contributed by atoms with Crippen molar-refractivity contribution in [3.8, 4) is 0 Å². The second kappa shape index (κ2) is 5.27. The molecule has 0 aromatic heterocycles. The van der Waals surface area contributed by atoms with Crippen LogP contribution in [0.15, 0.2) is 0 Å². The van der Waals surface area contributed by atoms with Crippen LogP contribution in [0.5, 0.6) is 0 Å². The van der Waals surface area contributed by atoms with Crippen LogP contribution in [0.4, 0.5) is 0 Å². The van der Waals surface area contributed by atoms with Gasteiger partial charge in [0.15, 0.2) is 0 Å². The maximum atomic E-state index is 6.17. The Morgan fingerprint density at radius 3 is 2.29 bits per heavy atom. The van der Waals surface area contributed by atoms with Crippen LogP contribution in [-0.2, 0) is 0 Å². The van der Waals surface area contributed by atoms with Crippen molar-refractivity contribution in [2.45, 2.75) is 70.4 Å². The van der Waals surface area contributed by atoms with Crippen molar-refractivity contribution in [1.82, 2.24) is 4.90 Å². The highest BCUT2D eigenvalue weighted by atomic mass is 15.2. The van der Waals surface area contributed by atoms with Gasteiger partial charge in [0.25, 0.3) is 0 Å². The van der Waals surface area contributed by atoms with Gasteiger partial charge in [-0.3, -0.25) is 4.90 Å². The molecule has 2 nitrogen and oxygen atoms in total. The Balaban J connectivity index is 2.11. The first-order valence-corrected chi connectivity index (χ1v) is 7.58. The quantitative estimate of drug-likeness (QED) is 0.798. The molecule has 0 aromatic rings. The second-order valence-corrected chi connectivity index (χ2v) is 6.38. The number of nitrogens with two attached hydrogens (primary N) is 1. The fourth-order valence-electron chi connectivity index (χ4n) is 4.10. The molecule has 0 radical (unpaired) electrons. The fourth-order valence-corrected chi connectivity index (χ4v) is 4.10. The van der Waals surface area contributed by atoms with E-state index in [1.54, 1.807) is 0 Å². The van der Waals surface area contributed by atoms with Crippen LogP contribution in [0.2, 0.25) is 0 Å². The van der Waals surface area contributed by atoms with Crippen LogP contribution >= 0.6 is 0 Å². The summed E-state index contributed by atoms with van der Waals surface area (Å²) in [6.07, 6.45) is 9.64. The van der Waals surface area contributed by atoms with E-state index in [1.807, 2.05) is 0 Å². The maximum absolute atomic E-state index is 6.17. The molecule has 0 aliphatic heterocycles. The molecule has 0 spiro atoms. The van der Waals surface area contributed by atoms with Gasteiger partial charge >= 0.3 is 0 Å². The van der Waals surface area contributed by atoms with Crippen molar-refractivity contribution in [2.24, 2.45) is 17.6 Å². The molecule has 2 aliphatic rings. The average molecular weight is 238 g/mol. The molecule has 3 atom stereocenters. The van der Waals surface area contributed by atoms with Crippen molar-refractivity contribution >= 4 is 0 Å². The molecule has 17 heavy (non-hydrogen) atoms. The highest BCUT2D eigenvalue weighted by Gasteiger charge is 2.48. The van der Waals surface area contributed by atoms with E-state index in [9.17, 15) is 0 Å². The van der Waals surface area contributed by atoms with Gasteiger partial charge in [0, 0.05) is 18.1 Å².